The summed E-state index contributed by atoms with van der Waals surface area (Å²) in [6, 6.07) is 11.2. The second-order valence-electron chi connectivity index (χ2n) is 5.40. The molecule has 132 valence electrons. The van der Waals surface area contributed by atoms with Gasteiger partial charge in [-0.3, -0.25) is 25.0 Å². The predicted molar refractivity (Wildman–Crippen MR) is 89.1 cm³/mol. The number of hydrazone groups is 1. The van der Waals surface area contributed by atoms with Gasteiger partial charge >= 0.3 is 0 Å². The van der Waals surface area contributed by atoms with Crippen molar-refractivity contribution in [3.8, 4) is 0 Å². The lowest BCUT2D eigenvalue weighted by atomic mass is 10.1. The molecule has 1 atom stereocenters. The molecule has 1 aliphatic heterocycles. The lowest BCUT2D eigenvalue weighted by Crippen LogP contribution is -2.25. The highest BCUT2D eigenvalue weighted by molar-refractivity contribution is 5.96. The maximum Gasteiger partial charge on any atom is 0.270 e. The lowest BCUT2D eigenvalue weighted by Gasteiger charge is -2.19. The molecule has 0 saturated carbocycles. The van der Waals surface area contributed by atoms with Crippen molar-refractivity contribution in [3.05, 3.63) is 79.9 Å². The van der Waals surface area contributed by atoms with Gasteiger partial charge < -0.3 is 4.74 Å². The standard InChI is InChI=1S/C16H12N4O6/c1-10(21)18-16(11-5-7-13(8-6-11)19(22)23)26-15(17-18)12-3-2-4-14(9-12)20(24)25/h2-9,16H,1H3/t16-/m0/s1. The number of ether oxygens (including phenoxy) is 1. The largest absolute Gasteiger partial charge is 0.446 e. The number of nitro benzene ring substituents is 2. The molecule has 0 aromatic heterocycles. The molecule has 0 bridgehead atoms. The number of rotatable bonds is 4. The van der Waals surface area contributed by atoms with Crippen LogP contribution in [-0.4, -0.2) is 26.7 Å². The van der Waals surface area contributed by atoms with Crippen molar-refractivity contribution in [2.45, 2.75) is 13.2 Å². The summed E-state index contributed by atoms with van der Waals surface area (Å²) in [5, 5.41) is 26.9. The molecule has 2 aromatic carbocycles. The van der Waals surface area contributed by atoms with Crippen LogP contribution in [0.4, 0.5) is 11.4 Å². The van der Waals surface area contributed by atoms with Gasteiger partial charge in [-0.1, -0.05) is 6.07 Å². The minimum absolute atomic E-state index is 0.0484. The van der Waals surface area contributed by atoms with E-state index in [4.69, 9.17) is 4.74 Å². The van der Waals surface area contributed by atoms with Crippen LogP contribution in [0.3, 0.4) is 0 Å². The Balaban J connectivity index is 1.93. The van der Waals surface area contributed by atoms with Crippen molar-refractivity contribution in [1.29, 1.82) is 0 Å². The maximum absolute atomic E-state index is 11.9. The van der Waals surface area contributed by atoms with E-state index in [0.717, 1.165) is 5.01 Å². The van der Waals surface area contributed by atoms with Gasteiger partial charge in [0.15, 0.2) is 0 Å². The number of amides is 1. The van der Waals surface area contributed by atoms with Crippen LogP contribution in [0, 0.1) is 20.2 Å². The Bertz CT molecular complexity index is 925. The van der Waals surface area contributed by atoms with Crippen LogP contribution in [0.1, 0.15) is 24.3 Å². The van der Waals surface area contributed by atoms with E-state index in [2.05, 4.69) is 5.10 Å². The average Bonchev–Trinajstić information content (AvgIpc) is 3.07. The highest BCUT2D eigenvalue weighted by Crippen LogP contribution is 2.31. The third kappa shape index (κ3) is 3.20. The van der Waals surface area contributed by atoms with Crippen LogP contribution in [-0.2, 0) is 9.53 Å². The van der Waals surface area contributed by atoms with E-state index in [1.807, 2.05) is 0 Å². The molecule has 1 heterocycles. The minimum atomic E-state index is -0.914. The van der Waals surface area contributed by atoms with Gasteiger partial charge in [-0.15, -0.1) is 5.10 Å². The van der Waals surface area contributed by atoms with Crippen LogP contribution in [0.15, 0.2) is 53.6 Å². The van der Waals surface area contributed by atoms with Gasteiger partial charge in [-0.25, -0.2) is 0 Å². The van der Waals surface area contributed by atoms with E-state index in [0.29, 0.717) is 11.1 Å². The van der Waals surface area contributed by atoms with Gasteiger partial charge in [0.2, 0.25) is 18.0 Å². The number of hydrogen-bond donors (Lipinski definition) is 0. The predicted octanol–water partition coefficient (Wildman–Crippen LogP) is 2.74. The lowest BCUT2D eigenvalue weighted by molar-refractivity contribution is -0.385. The van der Waals surface area contributed by atoms with Crippen LogP contribution < -0.4 is 0 Å². The van der Waals surface area contributed by atoms with Gasteiger partial charge in [-0.2, -0.15) is 5.01 Å². The monoisotopic (exact) mass is 356 g/mol. The topological polar surface area (TPSA) is 128 Å². The van der Waals surface area contributed by atoms with Crippen molar-refractivity contribution in [1.82, 2.24) is 5.01 Å². The molecule has 2 aromatic rings. The smallest absolute Gasteiger partial charge is 0.270 e. The molecule has 1 amide bonds. The fourth-order valence-corrected chi connectivity index (χ4v) is 2.41. The van der Waals surface area contributed by atoms with Gasteiger partial charge in [0, 0.05) is 42.3 Å². The van der Waals surface area contributed by atoms with E-state index in [9.17, 15) is 25.0 Å². The number of hydrogen-bond acceptors (Lipinski definition) is 7. The Labute approximate surface area is 146 Å². The first kappa shape index (κ1) is 17.0. The fraction of sp³-hybridized carbons (Fsp3) is 0.125. The molecule has 0 spiro atoms. The maximum atomic E-state index is 11.9. The molecular weight excluding hydrogens is 344 g/mol. The zero-order valence-electron chi connectivity index (χ0n) is 13.4. The molecule has 3 rings (SSSR count). The second kappa shape index (κ2) is 6.59. The number of carbonyl (C=O) groups is 1. The third-order valence-corrected chi connectivity index (χ3v) is 3.66. The number of benzene rings is 2. The normalized spacial score (nSPS) is 16.0. The first-order chi connectivity index (χ1) is 12.4. The van der Waals surface area contributed by atoms with E-state index in [1.165, 1.54) is 49.4 Å². The van der Waals surface area contributed by atoms with E-state index < -0.39 is 22.0 Å². The summed E-state index contributed by atoms with van der Waals surface area (Å²) in [5.41, 5.74) is 0.591. The zero-order chi connectivity index (χ0) is 18.8. The van der Waals surface area contributed by atoms with Gasteiger partial charge in [-0.05, 0) is 18.2 Å². The molecule has 0 radical (unpaired) electrons. The van der Waals surface area contributed by atoms with Crippen LogP contribution in [0.25, 0.3) is 0 Å². The summed E-state index contributed by atoms with van der Waals surface area (Å²) in [4.78, 5) is 32.5. The van der Waals surface area contributed by atoms with Crippen molar-refractivity contribution in [3.63, 3.8) is 0 Å². The van der Waals surface area contributed by atoms with Crippen molar-refractivity contribution >= 4 is 23.2 Å². The molecule has 0 fully saturated rings. The number of nitrogens with zero attached hydrogens (tertiary/aromatic N) is 4. The van der Waals surface area contributed by atoms with Crippen molar-refractivity contribution < 1.29 is 19.4 Å². The molecule has 10 heteroatoms. The summed E-state index contributed by atoms with van der Waals surface area (Å²) >= 11 is 0. The Morgan fingerprint density at radius 1 is 1.08 bits per heavy atom. The van der Waals surface area contributed by atoms with Crippen LogP contribution in [0.5, 0.6) is 0 Å². The molecule has 0 saturated heterocycles. The van der Waals surface area contributed by atoms with Crippen LogP contribution >= 0.6 is 0 Å². The van der Waals surface area contributed by atoms with Gasteiger partial charge in [0.05, 0.1) is 9.85 Å². The van der Waals surface area contributed by atoms with Gasteiger partial charge in [0.1, 0.15) is 0 Å². The van der Waals surface area contributed by atoms with E-state index >= 15 is 0 Å². The third-order valence-electron chi connectivity index (χ3n) is 3.66. The average molecular weight is 356 g/mol. The summed E-state index contributed by atoms with van der Waals surface area (Å²) < 4.78 is 5.71. The fourth-order valence-electron chi connectivity index (χ4n) is 2.41. The Morgan fingerprint density at radius 3 is 2.31 bits per heavy atom. The molecule has 0 N–H and O–H groups in total. The van der Waals surface area contributed by atoms with Gasteiger partial charge in [0.25, 0.3) is 11.4 Å². The minimum Gasteiger partial charge on any atom is -0.446 e. The summed E-state index contributed by atoms with van der Waals surface area (Å²) in [6.07, 6.45) is -0.914. The highest BCUT2D eigenvalue weighted by Gasteiger charge is 2.33. The Hall–Kier alpha value is -3.82. The Morgan fingerprint density at radius 2 is 1.73 bits per heavy atom. The first-order valence-electron chi connectivity index (χ1n) is 7.41. The number of carbonyl (C=O) groups excluding carboxylic acids is 1. The molecule has 10 nitrogen and oxygen atoms in total. The van der Waals surface area contributed by atoms with Crippen molar-refractivity contribution in [2.75, 3.05) is 0 Å². The van der Waals surface area contributed by atoms with Crippen LogP contribution in [0.2, 0.25) is 0 Å². The number of non-ortho nitro benzene ring substituents is 2. The molecule has 26 heavy (non-hydrogen) atoms. The molecule has 0 unspecified atom stereocenters. The van der Waals surface area contributed by atoms with E-state index in [-0.39, 0.29) is 17.3 Å². The first-order valence-corrected chi connectivity index (χ1v) is 7.41. The number of nitro groups is 2. The summed E-state index contributed by atoms with van der Waals surface area (Å²) in [7, 11) is 0. The molecule has 0 aliphatic carbocycles. The summed E-state index contributed by atoms with van der Waals surface area (Å²) in [5.74, 6) is -0.360. The summed E-state index contributed by atoms with van der Waals surface area (Å²) in [6.45, 7) is 1.29. The molecule has 1 aliphatic rings. The zero-order valence-corrected chi connectivity index (χ0v) is 13.4. The quantitative estimate of drug-likeness (QED) is 0.612. The molecular formula is C16H12N4O6. The van der Waals surface area contributed by atoms with Crippen molar-refractivity contribution in [2.24, 2.45) is 5.10 Å². The second-order valence-corrected chi connectivity index (χ2v) is 5.40. The Kier molecular flexibility index (Phi) is 4.31. The SMILES string of the molecule is CC(=O)N1N=C(c2cccc([N+](=O)[O-])c2)O[C@H]1c1ccc([N+](=O)[O-])cc1. The van der Waals surface area contributed by atoms with E-state index in [1.54, 1.807) is 6.07 Å². The highest BCUT2D eigenvalue weighted by atomic mass is 16.6.